The Morgan fingerprint density at radius 1 is 1.07 bits per heavy atom. The Morgan fingerprint density at radius 3 is 2.39 bits per heavy atom. The molecule has 148 valence electrons. The largest absolute Gasteiger partial charge is 0.480 e. The Balaban J connectivity index is 1.62. The van der Waals surface area contributed by atoms with E-state index in [1.807, 2.05) is 18.2 Å². The molecule has 1 heterocycles. The van der Waals surface area contributed by atoms with E-state index >= 15 is 0 Å². The number of nitrogens with one attached hydrogen (secondary N) is 1. The van der Waals surface area contributed by atoms with Crippen molar-refractivity contribution in [3.05, 3.63) is 59.2 Å². The smallest absolute Gasteiger partial charge is 0.321 e. The molecule has 0 amide bonds. The minimum Gasteiger partial charge on any atom is -0.480 e. The number of ether oxygens (including phenoxy) is 2. The van der Waals surface area contributed by atoms with Crippen LogP contribution in [-0.4, -0.2) is 29.7 Å². The predicted molar refractivity (Wildman–Crippen MR) is 105 cm³/mol. The second kappa shape index (κ2) is 8.02. The van der Waals surface area contributed by atoms with Gasteiger partial charge in [-0.2, -0.15) is 0 Å². The fraction of sp³-hybridized carbons (Fsp3) is 0.364. The van der Waals surface area contributed by atoms with Gasteiger partial charge >= 0.3 is 5.97 Å². The number of benzene rings is 2. The highest BCUT2D eigenvalue weighted by Gasteiger charge is 2.23. The van der Waals surface area contributed by atoms with Crippen LogP contribution in [0, 0.1) is 0 Å². The van der Waals surface area contributed by atoms with Crippen molar-refractivity contribution in [1.29, 1.82) is 0 Å². The standard InChI is InChI=1S/C22H25NO5/c1-22(2,3)16-7-5-15(6-8-16)18(24)11-17(21(25)26)23-12-14-4-9-19-20(10-14)28-13-27-19/h4-10,17,23H,11-13H2,1-3H3,(H,25,26)/t17-/m0/s1. The van der Waals surface area contributed by atoms with E-state index in [9.17, 15) is 14.7 Å². The number of hydrogen-bond donors (Lipinski definition) is 2. The van der Waals surface area contributed by atoms with Crippen molar-refractivity contribution in [2.75, 3.05) is 6.79 Å². The molecular formula is C22H25NO5. The van der Waals surface area contributed by atoms with Crippen molar-refractivity contribution < 1.29 is 24.2 Å². The number of Topliss-reactive ketones (excluding diaryl/α,β-unsaturated/α-hetero) is 1. The highest BCUT2D eigenvalue weighted by molar-refractivity contribution is 5.98. The SMILES string of the molecule is CC(C)(C)c1ccc(C(=O)C[C@H](NCc2ccc3c(c2)OCO3)C(=O)O)cc1. The fourth-order valence-electron chi connectivity index (χ4n) is 3.00. The van der Waals surface area contributed by atoms with E-state index in [2.05, 4.69) is 26.1 Å². The van der Waals surface area contributed by atoms with Gasteiger partial charge in [-0.15, -0.1) is 0 Å². The lowest BCUT2D eigenvalue weighted by atomic mass is 9.86. The van der Waals surface area contributed by atoms with Crippen LogP contribution < -0.4 is 14.8 Å². The molecule has 0 saturated heterocycles. The van der Waals surface area contributed by atoms with Crippen molar-refractivity contribution >= 4 is 11.8 Å². The maximum Gasteiger partial charge on any atom is 0.321 e. The van der Waals surface area contributed by atoms with Gasteiger partial charge in [0.05, 0.1) is 0 Å². The Labute approximate surface area is 164 Å². The molecule has 2 aromatic rings. The maximum atomic E-state index is 12.5. The summed E-state index contributed by atoms with van der Waals surface area (Å²) >= 11 is 0. The number of hydrogen-bond acceptors (Lipinski definition) is 5. The first kappa shape index (κ1) is 19.9. The van der Waals surface area contributed by atoms with Crippen LogP contribution in [0.3, 0.4) is 0 Å². The first-order chi connectivity index (χ1) is 13.2. The topological polar surface area (TPSA) is 84.9 Å². The molecule has 0 aliphatic carbocycles. The van der Waals surface area contributed by atoms with Crippen molar-refractivity contribution in [1.82, 2.24) is 5.32 Å². The molecule has 0 radical (unpaired) electrons. The molecule has 2 N–H and O–H groups in total. The van der Waals surface area contributed by atoms with Crippen LogP contribution in [0.1, 0.15) is 48.7 Å². The molecule has 0 saturated carbocycles. The second-order valence-corrected chi connectivity index (χ2v) is 7.91. The van der Waals surface area contributed by atoms with Crippen LogP contribution >= 0.6 is 0 Å². The summed E-state index contributed by atoms with van der Waals surface area (Å²) in [5, 5.41) is 12.4. The average molecular weight is 383 g/mol. The van der Waals surface area contributed by atoms with E-state index < -0.39 is 12.0 Å². The first-order valence-electron chi connectivity index (χ1n) is 9.22. The van der Waals surface area contributed by atoms with Crippen molar-refractivity contribution in [3.8, 4) is 11.5 Å². The molecule has 0 aromatic heterocycles. The summed E-state index contributed by atoms with van der Waals surface area (Å²) in [4.78, 5) is 24.1. The quantitative estimate of drug-likeness (QED) is 0.712. The van der Waals surface area contributed by atoms with Gasteiger partial charge in [0.2, 0.25) is 6.79 Å². The van der Waals surface area contributed by atoms with Gasteiger partial charge in [0.15, 0.2) is 17.3 Å². The van der Waals surface area contributed by atoms with Gasteiger partial charge in [0.25, 0.3) is 0 Å². The zero-order chi connectivity index (χ0) is 20.3. The number of carboxylic acid groups (broad SMARTS) is 1. The third-order valence-electron chi connectivity index (χ3n) is 4.75. The van der Waals surface area contributed by atoms with Crippen LogP contribution in [0.15, 0.2) is 42.5 Å². The summed E-state index contributed by atoms with van der Waals surface area (Å²) < 4.78 is 10.6. The molecule has 2 aromatic carbocycles. The summed E-state index contributed by atoms with van der Waals surface area (Å²) in [7, 11) is 0. The van der Waals surface area contributed by atoms with Gasteiger partial charge in [-0.3, -0.25) is 14.9 Å². The number of carboxylic acids is 1. The number of carbonyl (C=O) groups excluding carboxylic acids is 1. The molecular weight excluding hydrogens is 358 g/mol. The number of carbonyl (C=O) groups is 2. The minimum atomic E-state index is -1.06. The molecule has 6 nitrogen and oxygen atoms in total. The van der Waals surface area contributed by atoms with Gasteiger partial charge in [0.1, 0.15) is 6.04 Å². The van der Waals surface area contributed by atoms with E-state index in [0.29, 0.717) is 23.6 Å². The normalized spacial score (nSPS) is 14.0. The monoisotopic (exact) mass is 383 g/mol. The highest BCUT2D eigenvalue weighted by atomic mass is 16.7. The predicted octanol–water partition coefficient (Wildman–Crippen LogP) is 3.53. The molecule has 1 atom stereocenters. The van der Waals surface area contributed by atoms with Crippen molar-refractivity contribution in [3.63, 3.8) is 0 Å². The van der Waals surface area contributed by atoms with E-state index in [4.69, 9.17) is 9.47 Å². The summed E-state index contributed by atoms with van der Waals surface area (Å²) in [5.41, 5.74) is 2.50. The zero-order valence-electron chi connectivity index (χ0n) is 16.3. The number of fused-ring (bicyclic) bond motifs is 1. The summed E-state index contributed by atoms with van der Waals surface area (Å²) in [6, 6.07) is 11.8. The van der Waals surface area contributed by atoms with Crippen LogP contribution in [-0.2, 0) is 16.8 Å². The zero-order valence-corrected chi connectivity index (χ0v) is 16.3. The van der Waals surface area contributed by atoms with Gasteiger partial charge in [-0.1, -0.05) is 51.1 Å². The van der Waals surface area contributed by atoms with Crippen LogP contribution in [0.25, 0.3) is 0 Å². The molecule has 3 rings (SSSR count). The summed E-state index contributed by atoms with van der Waals surface area (Å²) in [6.07, 6.45) is -0.116. The summed E-state index contributed by atoms with van der Waals surface area (Å²) in [5.74, 6) is 0.0556. The van der Waals surface area contributed by atoms with Crippen molar-refractivity contribution in [2.24, 2.45) is 0 Å². The second-order valence-electron chi connectivity index (χ2n) is 7.91. The Hall–Kier alpha value is -2.86. The molecule has 0 spiro atoms. The van der Waals surface area contributed by atoms with Crippen LogP contribution in [0.5, 0.6) is 11.5 Å². The van der Waals surface area contributed by atoms with Crippen molar-refractivity contribution in [2.45, 2.75) is 45.2 Å². The van der Waals surface area contributed by atoms with E-state index in [0.717, 1.165) is 11.1 Å². The van der Waals surface area contributed by atoms with Gasteiger partial charge in [0, 0.05) is 18.5 Å². The Bertz CT molecular complexity index is 867. The minimum absolute atomic E-state index is 0.00263. The fourth-order valence-corrected chi connectivity index (χ4v) is 3.00. The molecule has 6 heteroatoms. The van der Waals surface area contributed by atoms with Gasteiger partial charge in [-0.25, -0.2) is 0 Å². The van der Waals surface area contributed by atoms with Crippen LogP contribution in [0.4, 0.5) is 0 Å². The third-order valence-corrected chi connectivity index (χ3v) is 4.75. The molecule has 1 aliphatic rings. The summed E-state index contributed by atoms with van der Waals surface area (Å²) in [6.45, 7) is 6.80. The molecule has 1 aliphatic heterocycles. The molecule has 0 fully saturated rings. The first-order valence-corrected chi connectivity index (χ1v) is 9.22. The third kappa shape index (κ3) is 4.70. The average Bonchev–Trinajstić information content (AvgIpc) is 3.12. The lowest BCUT2D eigenvalue weighted by Gasteiger charge is -2.19. The lowest BCUT2D eigenvalue weighted by Crippen LogP contribution is -2.38. The van der Waals surface area contributed by atoms with E-state index in [1.54, 1.807) is 24.3 Å². The molecule has 28 heavy (non-hydrogen) atoms. The maximum absolute atomic E-state index is 12.5. The van der Waals surface area contributed by atoms with Gasteiger partial charge in [-0.05, 0) is 28.7 Å². The highest BCUT2D eigenvalue weighted by Crippen LogP contribution is 2.32. The van der Waals surface area contributed by atoms with Crippen LogP contribution in [0.2, 0.25) is 0 Å². The van der Waals surface area contributed by atoms with E-state index in [-0.39, 0.29) is 24.4 Å². The van der Waals surface area contributed by atoms with E-state index in [1.165, 1.54) is 0 Å². The van der Waals surface area contributed by atoms with Gasteiger partial charge < -0.3 is 14.6 Å². The Morgan fingerprint density at radius 2 is 1.75 bits per heavy atom. The number of aliphatic carboxylic acids is 1. The lowest BCUT2D eigenvalue weighted by molar-refractivity contribution is -0.139. The number of rotatable bonds is 7. The Kier molecular flexibility index (Phi) is 5.70. The molecule has 0 bridgehead atoms. The molecule has 0 unspecified atom stereocenters. The number of ketones is 1.